The van der Waals surface area contributed by atoms with Gasteiger partial charge >= 0.3 is 6.18 Å². The molecule has 0 radical (unpaired) electrons. The summed E-state index contributed by atoms with van der Waals surface area (Å²) in [5.74, 6) is -0.773. The van der Waals surface area contributed by atoms with Crippen molar-refractivity contribution in [1.82, 2.24) is 9.97 Å². The van der Waals surface area contributed by atoms with Crippen LogP contribution in [0, 0.1) is 6.92 Å². The molecule has 7 nitrogen and oxygen atoms in total. The second-order valence-corrected chi connectivity index (χ2v) is 11.3. The highest BCUT2D eigenvalue weighted by Crippen LogP contribution is 2.44. The maximum absolute atomic E-state index is 14.2. The molecule has 0 fully saturated rings. The number of aryl methyl sites for hydroxylation is 1. The zero-order chi connectivity index (χ0) is 25.7. The third-order valence-corrected chi connectivity index (χ3v) is 6.79. The molecule has 0 aliphatic carbocycles. The number of hydrogen-bond donors (Lipinski definition) is 3. The summed E-state index contributed by atoms with van der Waals surface area (Å²) in [6.07, 6.45) is -5.62. The summed E-state index contributed by atoms with van der Waals surface area (Å²) >= 11 is 0. The van der Waals surface area contributed by atoms with Gasteiger partial charge in [-0.05, 0) is 48.6 Å². The minimum Gasteiger partial charge on any atom is -0.380 e. The van der Waals surface area contributed by atoms with E-state index in [4.69, 9.17) is 5.73 Å². The number of nitrogens with two attached hydrogens (primary N) is 1. The Kier molecular flexibility index (Phi) is 6.34. The van der Waals surface area contributed by atoms with Gasteiger partial charge in [-0.2, -0.15) is 13.2 Å². The molecule has 3 aromatic rings. The number of pyridine rings is 1. The Morgan fingerprint density at radius 2 is 1.79 bits per heavy atom. The topological polar surface area (TPSA) is 126 Å². The molecule has 1 unspecified atom stereocenters. The lowest BCUT2D eigenvalue weighted by Gasteiger charge is -2.38. The quantitative estimate of drug-likeness (QED) is 0.460. The van der Waals surface area contributed by atoms with E-state index in [2.05, 4.69) is 9.97 Å². The first-order valence-corrected chi connectivity index (χ1v) is 12.2. The van der Waals surface area contributed by atoms with Crippen LogP contribution in [0.25, 0.3) is 11.0 Å². The summed E-state index contributed by atoms with van der Waals surface area (Å²) in [4.78, 5) is 18.7. The van der Waals surface area contributed by atoms with E-state index in [0.717, 1.165) is 11.8 Å². The highest BCUT2D eigenvalue weighted by atomic mass is 32.2. The highest BCUT2D eigenvalue weighted by Gasteiger charge is 2.56. The van der Waals surface area contributed by atoms with E-state index < -0.39 is 45.8 Å². The van der Waals surface area contributed by atoms with Gasteiger partial charge in [-0.1, -0.05) is 31.5 Å². The summed E-state index contributed by atoms with van der Waals surface area (Å²) < 4.78 is 66.0. The number of hydrogen-bond acceptors (Lipinski definition) is 5. The van der Waals surface area contributed by atoms with Gasteiger partial charge in [0.1, 0.15) is 0 Å². The van der Waals surface area contributed by atoms with Crippen LogP contribution in [-0.4, -0.2) is 47.4 Å². The van der Waals surface area contributed by atoms with Gasteiger partial charge in [0.15, 0.2) is 20.5 Å². The molecule has 1 amide bonds. The number of aromatic nitrogens is 2. The number of sulfone groups is 1. The first-order chi connectivity index (χ1) is 15.4. The van der Waals surface area contributed by atoms with Crippen LogP contribution in [0.2, 0.25) is 0 Å². The summed E-state index contributed by atoms with van der Waals surface area (Å²) in [5.41, 5.74) is 2.65. The Morgan fingerprint density at radius 1 is 1.15 bits per heavy atom. The van der Waals surface area contributed by atoms with Gasteiger partial charge in [0.05, 0.1) is 11.0 Å². The number of H-pyrrole nitrogens is 1. The van der Waals surface area contributed by atoms with Crippen LogP contribution in [0.4, 0.5) is 13.2 Å². The smallest absolute Gasteiger partial charge is 0.380 e. The van der Waals surface area contributed by atoms with Crippen molar-refractivity contribution in [3.8, 4) is 0 Å². The number of alkyl halides is 3. The maximum Gasteiger partial charge on any atom is 0.417 e. The van der Waals surface area contributed by atoms with Crippen molar-refractivity contribution in [2.45, 2.75) is 55.8 Å². The van der Waals surface area contributed by atoms with Crippen LogP contribution >= 0.6 is 0 Å². The van der Waals surface area contributed by atoms with Crippen LogP contribution < -0.4 is 5.73 Å². The zero-order valence-corrected chi connectivity index (χ0v) is 19.9. The average Bonchev–Trinajstić information content (AvgIpc) is 3.06. The van der Waals surface area contributed by atoms with E-state index >= 15 is 0 Å². The molecular weight excluding hydrogens is 471 g/mol. The van der Waals surface area contributed by atoms with Crippen molar-refractivity contribution < 1.29 is 31.5 Å². The number of nitrogens with one attached hydrogen (secondary N) is 1. The number of primary amides is 1. The second kappa shape index (κ2) is 8.38. The van der Waals surface area contributed by atoms with Crippen molar-refractivity contribution in [1.29, 1.82) is 0 Å². The van der Waals surface area contributed by atoms with Gasteiger partial charge < -0.3 is 15.8 Å². The predicted molar refractivity (Wildman–Crippen MR) is 121 cm³/mol. The zero-order valence-electron chi connectivity index (χ0n) is 19.1. The number of rotatable bonds is 7. The Hall–Kier alpha value is -2.92. The number of carbonyl (C=O) groups is 1. The molecule has 1 atom stereocenters. The fraction of sp³-hybridized carbons (Fsp3) is 0.391. The van der Waals surface area contributed by atoms with E-state index in [0.29, 0.717) is 11.1 Å². The van der Waals surface area contributed by atoms with E-state index in [1.54, 1.807) is 19.1 Å². The first kappa shape index (κ1) is 25.7. The summed E-state index contributed by atoms with van der Waals surface area (Å²) in [5, 5.41) is 10.7. The molecule has 11 heteroatoms. The molecule has 0 aliphatic rings. The van der Waals surface area contributed by atoms with Crippen molar-refractivity contribution in [2.75, 3.05) is 6.26 Å². The Morgan fingerprint density at radius 3 is 2.35 bits per heavy atom. The van der Waals surface area contributed by atoms with E-state index in [1.807, 2.05) is 0 Å². The van der Waals surface area contributed by atoms with Crippen LogP contribution in [0.15, 0.2) is 41.4 Å². The molecule has 3 rings (SSSR count). The fourth-order valence-electron chi connectivity index (χ4n) is 4.20. The predicted octanol–water partition coefficient (Wildman–Crippen LogP) is 3.58. The third-order valence-electron chi connectivity index (χ3n) is 5.80. The summed E-state index contributed by atoms with van der Waals surface area (Å²) in [6, 6.07) is 8.66. The molecule has 34 heavy (non-hydrogen) atoms. The Balaban J connectivity index is 2.02. The van der Waals surface area contributed by atoms with Crippen molar-refractivity contribution in [3.63, 3.8) is 0 Å². The second-order valence-electron chi connectivity index (χ2n) is 9.33. The molecule has 0 saturated heterocycles. The number of benzene rings is 1. The van der Waals surface area contributed by atoms with Gasteiger partial charge in [-0.25, -0.2) is 13.4 Å². The molecule has 0 bridgehead atoms. The van der Waals surface area contributed by atoms with E-state index in [9.17, 15) is 31.5 Å². The molecule has 0 saturated carbocycles. The molecule has 1 aromatic carbocycles. The van der Waals surface area contributed by atoms with Gasteiger partial charge in [0.2, 0.25) is 5.91 Å². The minimum atomic E-state index is -5.01. The first-order valence-electron chi connectivity index (χ1n) is 10.3. The Labute approximate surface area is 195 Å². The maximum atomic E-state index is 14.2. The standard InChI is InChI=1S/C23H26F3N3O4S/c1-13-5-6-16(15(9-13)20(27)30)21(2,3)12-22(31,23(24,25)26)11-14-10-18-17(28-14)7-8-19(29-18)34(4,32)33/h5-10,28,31H,11-12H2,1-4H3,(H2,27,30). The largest absolute Gasteiger partial charge is 0.417 e. The van der Waals surface area contributed by atoms with Gasteiger partial charge in [0.25, 0.3) is 0 Å². The van der Waals surface area contributed by atoms with Crippen molar-refractivity contribution >= 4 is 26.8 Å². The van der Waals surface area contributed by atoms with Crippen molar-refractivity contribution in [3.05, 3.63) is 58.8 Å². The van der Waals surface area contributed by atoms with Crippen LogP contribution in [0.1, 0.15) is 47.4 Å². The van der Waals surface area contributed by atoms with Crippen molar-refractivity contribution in [2.24, 2.45) is 5.73 Å². The average molecular weight is 498 g/mol. The molecule has 0 spiro atoms. The molecular formula is C23H26F3N3O4S. The minimum absolute atomic E-state index is 0.0304. The van der Waals surface area contributed by atoms with Crippen LogP contribution in [0.3, 0.4) is 0 Å². The van der Waals surface area contributed by atoms with E-state index in [1.165, 1.54) is 38.1 Å². The van der Waals surface area contributed by atoms with Gasteiger partial charge in [-0.15, -0.1) is 0 Å². The molecule has 2 aromatic heterocycles. The van der Waals surface area contributed by atoms with Crippen LogP contribution in [0.5, 0.6) is 0 Å². The lowest BCUT2D eigenvalue weighted by Crippen LogP contribution is -2.51. The normalized spacial score (nSPS) is 14.8. The molecule has 2 heterocycles. The number of aliphatic hydroxyl groups is 1. The molecule has 184 valence electrons. The third kappa shape index (κ3) is 5.10. The van der Waals surface area contributed by atoms with Gasteiger partial charge in [0, 0.05) is 23.9 Å². The number of fused-ring (bicyclic) bond motifs is 1. The van der Waals surface area contributed by atoms with Crippen LogP contribution in [-0.2, 0) is 21.7 Å². The number of carbonyl (C=O) groups excluding carboxylic acids is 1. The Bertz CT molecular complexity index is 1360. The summed E-state index contributed by atoms with van der Waals surface area (Å²) in [6.45, 7) is 4.74. The monoisotopic (exact) mass is 497 g/mol. The number of aromatic amines is 1. The summed E-state index contributed by atoms with van der Waals surface area (Å²) in [7, 11) is -3.60. The number of nitrogens with zero attached hydrogens (tertiary/aromatic N) is 1. The lowest BCUT2D eigenvalue weighted by molar-refractivity contribution is -0.266. The van der Waals surface area contributed by atoms with Gasteiger partial charge in [-0.3, -0.25) is 4.79 Å². The van der Waals surface area contributed by atoms with E-state index in [-0.39, 0.29) is 21.8 Å². The fourth-order valence-corrected chi connectivity index (χ4v) is 4.78. The lowest BCUT2D eigenvalue weighted by atomic mass is 9.72. The number of amides is 1. The molecule has 0 aliphatic heterocycles. The number of halogens is 3. The highest BCUT2D eigenvalue weighted by molar-refractivity contribution is 7.90. The SMILES string of the molecule is Cc1ccc(C(C)(C)CC(O)(Cc2cc3nc(S(C)(=O)=O)ccc3[nH]2)C(F)(F)F)c(C(N)=O)c1. The molecule has 4 N–H and O–H groups in total.